The molecule has 0 amide bonds. The normalized spacial score (nSPS) is 11.3. The van der Waals surface area contributed by atoms with Crippen molar-refractivity contribution in [1.82, 2.24) is 19.5 Å². The number of sulfonamides is 1. The highest BCUT2D eigenvalue weighted by atomic mass is 35.5. The molecule has 8 nitrogen and oxygen atoms in total. The Labute approximate surface area is 178 Å². The predicted octanol–water partition coefficient (Wildman–Crippen LogP) is 4.17. The van der Waals surface area contributed by atoms with Gasteiger partial charge in [0.1, 0.15) is 23.8 Å². The second-order valence-electron chi connectivity index (χ2n) is 6.39. The summed E-state index contributed by atoms with van der Waals surface area (Å²) in [4.78, 5) is 12.9. The lowest BCUT2D eigenvalue weighted by atomic mass is 10.3. The van der Waals surface area contributed by atoms with Crippen molar-refractivity contribution in [3.8, 4) is 5.82 Å². The highest BCUT2D eigenvalue weighted by Crippen LogP contribution is 2.22. The number of anilines is 3. The van der Waals surface area contributed by atoms with Gasteiger partial charge in [0.25, 0.3) is 10.0 Å². The van der Waals surface area contributed by atoms with Crippen LogP contribution in [0.25, 0.3) is 5.82 Å². The van der Waals surface area contributed by atoms with E-state index in [9.17, 15) is 8.42 Å². The molecule has 10 heteroatoms. The first-order chi connectivity index (χ1) is 14.4. The fraction of sp³-hybridized carbons (Fsp3) is 0.0500. The number of imidazole rings is 1. The fourth-order valence-electron chi connectivity index (χ4n) is 2.76. The molecule has 2 heterocycles. The lowest BCUT2D eigenvalue weighted by Crippen LogP contribution is -2.12. The van der Waals surface area contributed by atoms with Crippen molar-refractivity contribution < 1.29 is 8.42 Å². The number of nitrogens with zero attached hydrogens (tertiary/aromatic N) is 4. The Morgan fingerprint density at radius 1 is 1.00 bits per heavy atom. The van der Waals surface area contributed by atoms with Crippen molar-refractivity contribution in [3.63, 3.8) is 0 Å². The summed E-state index contributed by atoms with van der Waals surface area (Å²) in [6.45, 7) is 1.80. The van der Waals surface area contributed by atoms with Crippen LogP contribution in [0.3, 0.4) is 0 Å². The van der Waals surface area contributed by atoms with Crippen LogP contribution < -0.4 is 10.0 Å². The Kier molecular flexibility index (Phi) is 5.39. The number of nitrogens with one attached hydrogen (secondary N) is 2. The summed E-state index contributed by atoms with van der Waals surface area (Å²) in [6.07, 6.45) is 5.13. The van der Waals surface area contributed by atoms with Gasteiger partial charge in [-0.05, 0) is 49.4 Å². The fourth-order valence-corrected chi connectivity index (χ4v) is 4.12. The number of rotatable bonds is 6. The summed E-state index contributed by atoms with van der Waals surface area (Å²) in [5.74, 6) is 1.90. The summed E-state index contributed by atoms with van der Waals surface area (Å²) >= 11 is 5.89. The highest BCUT2D eigenvalue weighted by molar-refractivity contribution is 7.92. The molecule has 4 rings (SSSR count). The van der Waals surface area contributed by atoms with Crippen LogP contribution >= 0.6 is 11.6 Å². The van der Waals surface area contributed by atoms with Crippen LogP contribution in [-0.2, 0) is 10.0 Å². The Morgan fingerprint density at radius 2 is 1.77 bits per heavy atom. The van der Waals surface area contributed by atoms with E-state index in [1.165, 1.54) is 12.1 Å². The second kappa shape index (κ2) is 8.13. The average molecular weight is 441 g/mol. The summed E-state index contributed by atoms with van der Waals surface area (Å²) in [6, 6.07) is 14.7. The first-order valence-corrected chi connectivity index (χ1v) is 10.7. The molecule has 0 aliphatic carbocycles. The van der Waals surface area contributed by atoms with Gasteiger partial charge in [0.2, 0.25) is 0 Å². The van der Waals surface area contributed by atoms with Crippen molar-refractivity contribution in [3.05, 3.63) is 84.2 Å². The first kappa shape index (κ1) is 19.9. The van der Waals surface area contributed by atoms with Crippen molar-refractivity contribution in [2.75, 3.05) is 10.0 Å². The summed E-state index contributed by atoms with van der Waals surface area (Å²) in [7, 11) is -3.73. The van der Waals surface area contributed by atoms with Gasteiger partial charge in [-0.3, -0.25) is 9.29 Å². The monoisotopic (exact) mass is 440 g/mol. The van der Waals surface area contributed by atoms with E-state index in [-0.39, 0.29) is 4.90 Å². The Bertz CT molecular complexity index is 1280. The Balaban J connectivity index is 1.51. The van der Waals surface area contributed by atoms with E-state index in [0.717, 1.165) is 5.69 Å². The molecule has 0 saturated heterocycles. The molecule has 0 atom stereocenters. The van der Waals surface area contributed by atoms with Gasteiger partial charge in [0.15, 0.2) is 0 Å². The van der Waals surface area contributed by atoms with Gasteiger partial charge in [0.05, 0.1) is 4.90 Å². The molecule has 0 aliphatic rings. The molecule has 0 bridgehead atoms. The van der Waals surface area contributed by atoms with Gasteiger partial charge in [-0.15, -0.1) is 0 Å². The van der Waals surface area contributed by atoms with Crippen LogP contribution in [0.5, 0.6) is 0 Å². The average Bonchev–Trinajstić information content (AvgIpc) is 3.24. The third-order valence-corrected chi connectivity index (χ3v) is 5.72. The SMILES string of the molecule is Cc1nc(Nc2ccc(NS(=O)(=O)c3cccc(Cl)c3)cc2)cc(-n2ccnc2)n1. The van der Waals surface area contributed by atoms with Gasteiger partial charge in [-0.25, -0.2) is 23.4 Å². The molecular formula is C20H17ClN6O2S. The number of hydrogen-bond donors (Lipinski definition) is 2. The number of halogens is 1. The molecule has 0 fully saturated rings. The molecule has 0 spiro atoms. The maximum absolute atomic E-state index is 12.5. The molecule has 0 aliphatic heterocycles. The van der Waals surface area contributed by atoms with Crippen molar-refractivity contribution in [2.45, 2.75) is 11.8 Å². The third kappa shape index (κ3) is 4.58. The lowest BCUT2D eigenvalue weighted by Gasteiger charge is -2.11. The molecule has 4 aromatic rings. The molecule has 0 radical (unpaired) electrons. The summed E-state index contributed by atoms with van der Waals surface area (Å²) in [5, 5.41) is 3.55. The Morgan fingerprint density at radius 3 is 2.47 bits per heavy atom. The standard InChI is InChI=1S/C20H17ClN6O2S/c1-14-23-19(12-20(24-14)27-10-9-22-13-27)25-16-5-7-17(8-6-16)26-30(28,29)18-4-2-3-15(21)11-18/h2-13,26H,1H3,(H,23,24,25). The molecule has 2 aromatic carbocycles. The lowest BCUT2D eigenvalue weighted by molar-refractivity contribution is 0.601. The number of benzene rings is 2. The maximum atomic E-state index is 12.5. The molecule has 2 N–H and O–H groups in total. The highest BCUT2D eigenvalue weighted by Gasteiger charge is 2.14. The third-order valence-electron chi connectivity index (χ3n) is 4.11. The van der Waals surface area contributed by atoms with Gasteiger partial charge < -0.3 is 5.32 Å². The van der Waals surface area contributed by atoms with Gasteiger partial charge in [-0.1, -0.05) is 17.7 Å². The molecule has 0 unspecified atom stereocenters. The summed E-state index contributed by atoms with van der Waals surface area (Å²) in [5.41, 5.74) is 1.17. The molecule has 2 aromatic heterocycles. The van der Waals surface area contributed by atoms with E-state index in [1.807, 2.05) is 0 Å². The second-order valence-corrected chi connectivity index (χ2v) is 8.51. The van der Waals surface area contributed by atoms with Crippen LogP contribution in [0.15, 0.2) is 78.2 Å². The maximum Gasteiger partial charge on any atom is 0.261 e. The zero-order valence-electron chi connectivity index (χ0n) is 15.8. The minimum atomic E-state index is -3.73. The van der Waals surface area contributed by atoms with Crippen molar-refractivity contribution in [1.29, 1.82) is 0 Å². The topological polar surface area (TPSA) is 102 Å². The zero-order valence-corrected chi connectivity index (χ0v) is 17.4. The van der Waals surface area contributed by atoms with E-state index in [0.29, 0.717) is 28.2 Å². The van der Waals surface area contributed by atoms with E-state index in [1.54, 1.807) is 72.7 Å². The van der Waals surface area contributed by atoms with Crippen LogP contribution in [0.2, 0.25) is 5.02 Å². The largest absolute Gasteiger partial charge is 0.340 e. The number of aryl methyl sites for hydroxylation is 1. The van der Waals surface area contributed by atoms with Gasteiger partial charge in [-0.2, -0.15) is 0 Å². The van der Waals surface area contributed by atoms with Crippen LogP contribution in [0.1, 0.15) is 5.82 Å². The van der Waals surface area contributed by atoms with Crippen molar-refractivity contribution >= 4 is 38.8 Å². The quantitative estimate of drug-likeness (QED) is 0.466. The molecular weight excluding hydrogens is 424 g/mol. The van der Waals surface area contributed by atoms with Crippen molar-refractivity contribution in [2.24, 2.45) is 0 Å². The first-order valence-electron chi connectivity index (χ1n) is 8.88. The van der Waals surface area contributed by atoms with E-state index in [2.05, 4.69) is 25.0 Å². The predicted molar refractivity (Wildman–Crippen MR) is 116 cm³/mol. The van der Waals surface area contributed by atoms with E-state index >= 15 is 0 Å². The smallest absolute Gasteiger partial charge is 0.261 e. The molecule has 152 valence electrons. The Hall–Kier alpha value is -3.43. The minimum absolute atomic E-state index is 0.0979. The van der Waals surface area contributed by atoms with Gasteiger partial charge >= 0.3 is 0 Å². The van der Waals surface area contributed by atoms with Crippen LogP contribution in [0, 0.1) is 6.92 Å². The van der Waals surface area contributed by atoms with E-state index < -0.39 is 10.0 Å². The number of aromatic nitrogens is 4. The molecule has 30 heavy (non-hydrogen) atoms. The minimum Gasteiger partial charge on any atom is -0.340 e. The molecule has 0 saturated carbocycles. The summed E-state index contributed by atoms with van der Waals surface area (Å²) < 4.78 is 29.3. The van der Waals surface area contributed by atoms with E-state index in [4.69, 9.17) is 11.6 Å². The van der Waals surface area contributed by atoms with Crippen LogP contribution in [0.4, 0.5) is 17.2 Å². The van der Waals surface area contributed by atoms with Gasteiger partial charge in [0, 0.05) is 34.9 Å². The number of hydrogen-bond acceptors (Lipinski definition) is 6. The van der Waals surface area contributed by atoms with Crippen LogP contribution in [-0.4, -0.2) is 27.9 Å². The zero-order chi connectivity index (χ0) is 21.1.